The van der Waals surface area contributed by atoms with E-state index in [2.05, 4.69) is 10.3 Å². The molecular weight excluding hydrogens is 311 g/mol. The molecule has 0 bridgehead atoms. The van der Waals surface area contributed by atoms with Crippen LogP contribution >= 0.6 is 23.2 Å². The Balaban J connectivity index is 2.29. The average Bonchev–Trinajstić information content (AvgIpc) is 2.75. The SMILES string of the molecule is CC(C)C(CCO)NC(=O)c1[nH]c2ccc(Cl)cc2c1Cl. The molecular formula is C15H18Cl2N2O2. The monoisotopic (exact) mass is 328 g/mol. The van der Waals surface area contributed by atoms with E-state index in [1.165, 1.54) is 0 Å². The maximum atomic E-state index is 12.4. The van der Waals surface area contributed by atoms with Crippen molar-refractivity contribution in [1.29, 1.82) is 0 Å². The summed E-state index contributed by atoms with van der Waals surface area (Å²) in [7, 11) is 0. The molecule has 1 amide bonds. The maximum absolute atomic E-state index is 12.4. The number of aromatic amines is 1. The van der Waals surface area contributed by atoms with E-state index in [-0.39, 0.29) is 24.5 Å². The fraction of sp³-hybridized carbons (Fsp3) is 0.400. The van der Waals surface area contributed by atoms with Gasteiger partial charge in [0.2, 0.25) is 0 Å². The van der Waals surface area contributed by atoms with Crippen molar-refractivity contribution in [2.45, 2.75) is 26.3 Å². The van der Waals surface area contributed by atoms with Crippen molar-refractivity contribution in [2.24, 2.45) is 5.92 Å². The highest BCUT2D eigenvalue weighted by Gasteiger charge is 2.21. The van der Waals surface area contributed by atoms with Gasteiger partial charge >= 0.3 is 0 Å². The third kappa shape index (κ3) is 3.51. The van der Waals surface area contributed by atoms with Crippen molar-refractivity contribution in [1.82, 2.24) is 10.3 Å². The average molecular weight is 329 g/mol. The molecule has 6 heteroatoms. The number of benzene rings is 1. The van der Waals surface area contributed by atoms with Crippen LogP contribution in [0.15, 0.2) is 18.2 Å². The Bertz CT molecular complexity index is 652. The van der Waals surface area contributed by atoms with E-state index in [4.69, 9.17) is 28.3 Å². The normalized spacial score (nSPS) is 12.9. The number of amides is 1. The zero-order valence-electron chi connectivity index (χ0n) is 11.9. The number of carbonyl (C=O) groups excluding carboxylic acids is 1. The summed E-state index contributed by atoms with van der Waals surface area (Å²) in [6.45, 7) is 4.01. The number of halogens is 2. The van der Waals surface area contributed by atoms with Gasteiger partial charge in [-0.15, -0.1) is 0 Å². The predicted molar refractivity (Wildman–Crippen MR) is 86.1 cm³/mol. The number of hydrogen-bond donors (Lipinski definition) is 3. The number of fused-ring (bicyclic) bond motifs is 1. The van der Waals surface area contributed by atoms with Crippen LogP contribution in [0.4, 0.5) is 0 Å². The first-order valence-electron chi connectivity index (χ1n) is 6.82. The van der Waals surface area contributed by atoms with Crippen LogP contribution in [-0.4, -0.2) is 28.6 Å². The van der Waals surface area contributed by atoms with Crippen LogP contribution in [0.25, 0.3) is 10.9 Å². The van der Waals surface area contributed by atoms with E-state index in [1.54, 1.807) is 18.2 Å². The lowest BCUT2D eigenvalue weighted by atomic mass is 10.0. The summed E-state index contributed by atoms with van der Waals surface area (Å²) in [5, 5.41) is 13.6. The number of carbonyl (C=O) groups is 1. The van der Waals surface area contributed by atoms with Crippen molar-refractivity contribution in [3.63, 3.8) is 0 Å². The van der Waals surface area contributed by atoms with Gasteiger partial charge in [-0.3, -0.25) is 4.79 Å². The summed E-state index contributed by atoms with van der Waals surface area (Å²) in [6.07, 6.45) is 0.507. The molecule has 0 spiro atoms. The minimum atomic E-state index is -0.278. The fourth-order valence-electron chi connectivity index (χ4n) is 2.24. The van der Waals surface area contributed by atoms with Crippen LogP contribution in [0, 0.1) is 5.92 Å². The fourth-order valence-corrected chi connectivity index (χ4v) is 2.70. The van der Waals surface area contributed by atoms with Gasteiger partial charge in [0, 0.05) is 28.6 Å². The molecule has 21 heavy (non-hydrogen) atoms. The molecule has 0 saturated carbocycles. The molecule has 0 fully saturated rings. The van der Waals surface area contributed by atoms with Gasteiger partial charge in [-0.1, -0.05) is 37.0 Å². The molecule has 0 radical (unpaired) electrons. The van der Waals surface area contributed by atoms with Crippen LogP contribution in [0.3, 0.4) is 0 Å². The molecule has 1 heterocycles. The van der Waals surface area contributed by atoms with Crippen molar-refractivity contribution < 1.29 is 9.90 Å². The van der Waals surface area contributed by atoms with Crippen molar-refractivity contribution in [3.8, 4) is 0 Å². The Morgan fingerprint density at radius 1 is 1.38 bits per heavy atom. The molecule has 0 aliphatic carbocycles. The third-order valence-corrected chi connectivity index (χ3v) is 4.11. The van der Waals surface area contributed by atoms with Crippen molar-refractivity contribution in [3.05, 3.63) is 33.9 Å². The number of H-pyrrole nitrogens is 1. The first-order valence-corrected chi connectivity index (χ1v) is 7.58. The number of aliphatic hydroxyl groups is 1. The van der Waals surface area contributed by atoms with Gasteiger partial charge in [0.15, 0.2) is 0 Å². The highest BCUT2D eigenvalue weighted by atomic mass is 35.5. The molecule has 1 aromatic carbocycles. The number of nitrogens with one attached hydrogen (secondary N) is 2. The van der Waals surface area contributed by atoms with Gasteiger partial charge in [-0.2, -0.15) is 0 Å². The second-order valence-corrected chi connectivity index (χ2v) is 6.15. The van der Waals surface area contributed by atoms with E-state index in [0.717, 1.165) is 10.9 Å². The molecule has 2 rings (SSSR count). The van der Waals surface area contributed by atoms with Gasteiger partial charge in [0.1, 0.15) is 5.69 Å². The number of hydrogen-bond acceptors (Lipinski definition) is 2. The van der Waals surface area contributed by atoms with E-state index < -0.39 is 0 Å². The van der Waals surface area contributed by atoms with Crippen LogP contribution < -0.4 is 5.32 Å². The number of aromatic nitrogens is 1. The summed E-state index contributed by atoms with van der Waals surface area (Å²) in [5.74, 6) is -0.0572. The summed E-state index contributed by atoms with van der Waals surface area (Å²) in [4.78, 5) is 15.4. The first kappa shape index (κ1) is 16.1. The number of rotatable bonds is 5. The third-order valence-electron chi connectivity index (χ3n) is 3.49. The lowest BCUT2D eigenvalue weighted by molar-refractivity contribution is 0.0912. The predicted octanol–water partition coefficient (Wildman–Crippen LogP) is 3.61. The molecule has 3 N–H and O–H groups in total. The van der Waals surface area contributed by atoms with E-state index in [0.29, 0.717) is 22.2 Å². The molecule has 0 saturated heterocycles. The summed E-state index contributed by atoms with van der Waals surface area (Å²) < 4.78 is 0. The molecule has 4 nitrogen and oxygen atoms in total. The van der Waals surface area contributed by atoms with E-state index >= 15 is 0 Å². The van der Waals surface area contributed by atoms with Gasteiger partial charge < -0.3 is 15.4 Å². The molecule has 1 aromatic heterocycles. The Morgan fingerprint density at radius 3 is 2.71 bits per heavy atom. The quantitative estimate of drug-likeness (QED) is 0.784. The Morgan fingerprint density at radius 2 is 2.10 bits per heavy atom. The summed E-state index contributed by atoms with van der Waals surface area (Å²) in [5.41, 5.74) is 1.08. The smallest absolute Gasteiger partial charge is 0.269 e. The summed E-state index contributed by atoms with van der Waals surface area (Å²) in [6, 6.07) is 5.14. The zero-order valence-corrected chi connectivity index (χ0v) is 13.4. The topological polar surface area (TPSA) is 65.1 Å². The minimum Gasteiger partial charge on any atom is -0.396 e. The number of aliphatic hydroxyl groups excluding tert-OH is 1. The molecule has 1 unspecified atom stereocenters. The summed E-state index contributed by atoms with van der Waals surface area (Å²) >= 11 is 12.2. The molecule has 1 atom stereocenters. The Labute approximate surface area is 133 Å². The van der Waals surface area contributed by atoms with Crippen LogP contribution in [0.1, 0.15) is 30.8 Å². The van der Waals surface area contributed by atoms with Gasteiger partial charge in [0.05, 0.1) is 5.02 Å². The highest BCUT2D eigenvalue weighted by molar-refractivity contribution is 6.39. The van der Waals surface area contributed by atoms with E-state index in [1.807, 2.05) is 13.8 Å². The van der Waals surface area contributed by atoms with Gasteiger partial charge in [-0.25, -0.2) is 0 Å². The van der Waals surface area contributed by atoms with Crippen molar-refractivity contribution >= 4 is 40.0 Å². The minimum absolute atomic E-state index is 0.0270. The van der Waals surface area contributed by atoms with Crippen LogP contribution in [-0.2, 0) is 0 Å². The first-order chi connectivity index (χ1) is 9.93. The maximum Gasteiger partial charge on any atom is 0.269 e. The second-order valence-electron chi connectivity index (χ2n) is 5.34. The molecule has 2 aromatic rings. The standard InChI is InChI=1S/C15H18Cl2N2O2/c1-8(2)11(5-6-20)19-15(21)14-13(17)10-7-9(16)3-4-12(10)18-14/h3-4,7-8,11,18,20H,5-6H2,1-2H3,(H,19,21). The van der Waals surface area contributed by atoms with Gasteiger partial charge in [0.25, 0.3) is 5.91 Å². The molecule has 0 aliphatic heterocycles. The highest BCUT2D eigenvalue weighted by Crippen LogP contribution is 2.29. The second kappa shape index (κ2) is 6.69. The molecule has 114 valence electrons. The lowest BCUT2D eigenvalue weighted by Crippen LogP contribution is -2.39. The van der Waals surface area contributed by atoms with Crippen LogP contribution in [0.2, 0.25) is 10.0 Å². The Kier molecular flexibility index (Phi) is 5.14. The largest absolute Gasteiger partial charge is 0.396 e. The van der Waals surface area contributed by atoms with Crippen LogP contribution in [0.5, 0.6) is 0 Å². The van der Waals surface area contributed by atoms with Crippen molar-refractivity contribution in [2.75, 3.05) is 6.61 Å². The molecule has 0 aliphatic rings. The van der Waals surface area contributed by atoms with E-state index in [9.17, 15) is 4.79 Å². The Hall–Kier alpha value is -1.23. The lowest BCUT2D eigenvalue weighted by Gasteiger charge is -2.21. The zero-order chi connectivity index (χ0) is 15.6. The van der Waals surface area contributed by atoms with Gasteiger partial charge in [-0.05, 0) is 30.5 Å².